The van der Waals surface area contributed by atoms with Crippen LogP contribution in [0.25, 0.3) is 0 Å². The lowest BCUT2D eigenvalue weighted by molar-refractivity contribution is -0.141. The fourth-order valence-electron chi connectivity index (χ4n) is 3.86. The molecule has 8 nitrogen and oxygen atoms in total. The highest BCUT2D eigenvalue weighted by atomic mass is 16.5. The normalized spacial score (nSPS) is 22.3. The van der Waals surface area contributed by atoms with E-state index in [2.05, 4.69) is 0 Å². The summed E-state index contributed by atoms with van der Waals surface area (Å²) in [6.45, 7) is 2.31. The predicted octanol–water partition coefficient (Wildman–Crippen LogP) is 1.54. The molecule has 1 saturated heterocycles. The number of benzene rings is 1. The lowest BCUT2D eigenvalue weighted by Gasteiger charge is -2.26. The summed E-state index contributed by atoms with van der Waals surface area (Å²) in [6.07, 6.45) is 3.10. The zero-order chi connectivity index (χ0) is 20.0. The zero-order valence-corrected chi connectivity index (χ0v) is 15.6. The van der Waals surface area contributed by atoms with Gasteiger partial charge in [-0.3, -0.25) is 19.3 Å². The number of aliphatic carboxylic acids is 1. The Morgan fingerprint density at radius 1 is 1.21 bits per heavy atom. The largest absolute Gasteiger partial charge is 0.480 e. The van der Waals surface area contributed by atoms with Crippen molar-refractivity contribution in [1.82, 2.24) is 9.80 Å². The van der Waals surface area contributed by atoms with Crippen molar-refractivity contribution in [3.8, 4) is 0 Å². The highest BCUT2D eigenvalue weighted by Gasteiger charge is 2.41. The van der Waals surface area contributed by atoms with Gasteiger partial charge in [-0.15, -0.1) is 0 Å². The molecule has 148 valence electrons. The van der Waals surface area contributed by atoms with E-state index >= 15 is 0 Å². The second kappa shape index (κ2) is 7.01. The van der Waals surface area contributed by atoms with Crippen LogP contribution in [0.1, 0.15) is 63.7 Å². The Morgan fingerprint density at radius 3 is 2.54 bits per heavy atom. The molecule has 1 aromatic rings. The minimum Gasteiger partial charge on any atom is -0.480 e. The first-order valence-electron chi connectivity index (χ1n) is 9.55. The van der Waals surface area contributed by atoms with Gasteiger partial charge in [-0.05, 0) is 50.8 Å². The van der Waals surface area contributed by atoms with E-state index in [1.165, 1.54) is 34.9 Å². The number of carbonyl (C=O) groups excluding carboxylic acids is 3. The summed E-state index contributed by atoms with van der Waals surface area (Å²) in [5, 5.41) is 9.32. The lowest BCUT2D eigenvalue weighted by Crippen LogP contribution is -2.44. The summed E-state index contributed by atoms with van der Waals surface area (Å²) in [5.41, 5.74) is 0.676. The fourth-order valence-corrected chi connectivity index (χ4v) is 3.86. The first-order chi connectivity index (χ1) is 13.4. The molecule has 2 aliphatic heterocycles. The van der Waals surface area contributed by atoms with Crippen LogP contribution in [-0.2, 0) is 9.53 Å². The molecule has 1 aromatic carbocycles. The summed E-state index contributed by atoms with van der Waals surface area (Å²) in [4.78, 5) is 52.2. The van der Waals surface area contributed by atoms with Crippen LogP contribution in [0.4, 0.5) is 0 Å². The van der Waals surface area contributed by atoms with Crippen LogP contribution in [0.2, 0.25) is 0 Å². The maximum absolute atomic E-state index is 13.0. The van der Waals surface area contributed by atoms with Crippen molar-refractivity contribution < 1.29 is 29.0 Å². The fraction of sp³-hybridized carbons (Fsp3) is 0.500. The van der Waals surface area contributed by atoms with E-state index in [0.29, 0.717) is 6.61 Å². The van der Waals surface area contributed by atoms with Crippen molar-refractivity contribution in [2.75, 3.05) is 13.2 Å². The minimum absolute atomic E-state index is 0.0970. The lowest BCUT2D eigenvalue weighted by atomic mass is 10.0. The van der Waals surface area contributed by atoms with Crippen LogP contribution in [0, 0.1) is 0 Å². The van der Waals surface area contributed by atoms with E-state index in [4.69, 9.17) is 4.74 Å². The van der Waals surface area contributed by atoms with Gasteiger partial charge in [-0.25, -0.2) is 4.79 Å². The molecule has 2 atom stereocenters. The SMILES string of the molecule is CC(C(=O)O)N(C(=O)c1ccc2c(c1)C(=O)N(CC1CCCO1)C2=O)C1CC1. The summed E-state index contributed by atoms with van der Waals surface area (Å²) in [6, 6.07) is 3.33. The van der Waals surface area contributed by atoms with Crippen molar-refractivity contribution in [2.45, 2.75) is 50.8 Å². The molecular formula is C20H22N2O6. The number of imide groups is 1. The highest BCUT2D eigenvalue weighted by Crippen LogP contribution is 2.32. The standard InChI is InChI=1S/C20H22N2O6/c1-11(20(26)27)22(13-5-6-13)17(23)12-4-7-15-16(9-12)19(25)21(18(15)24)10-14-3-2-8-28-14/h4,7,9,11,13-14H,2-3,5-6,8,10H2,1H3,(H,26,27). The predicted molar refractivity (Wildman–Crippen MR) is 97.1 cm³/mol. The number of nitrogens with zero attached hydrogens (tertiary/aromatic N) is 2. The van der Waals surface area contributed by atoms with Crippen LogP contribution in [0.3, 0.4) is 0 Å². The Morgan fingerprint density at radius 2 is 1.93 bits per heavy atom. The molecule has 8 heteroatoms. The van der Waals surface area contributed by atoms with Gasteiger partial charge in [0.05, 0.1) is 23.8 Å². The number of carboxylic acids is 1. The van der Waals surface area contributed by atoms with Crippen molar-refractivity contribution in [2.24, 2.45) is 0 Å². The number of amides is 3. The maximum Gasteiger partial charge on any atom is 0.326 e. The topological polar surface area (TPSA) is 104 Å². The number of hydrogen-bond acceptors (Lipinski definition) is 5. The average Bonchev–Trinajstić information content (AvgIpc) is 3.32. The van der Waals surface area contributed by atoms with Gasteiger partial charge in [0.1, 0.15) is 6.04 Å². The Labute approximate surface area is 162 Å². The Kier molecular flexibility index (Phi) is 4.66. The van der Waals surface area contributed by atoms with Crippen LogP contribution in [0.5, 0.6) is 0 Å². The summed E-state index contributed by atoms with van der Waals surface area (Å²) in [5.74, 6) is -2.32. The molecule has 2 unspecified atom stereocenters. The van der Waals surface area contributed by atoms with Gasteiger partial charge in [0.2, 0.25) is 0 Å². The van der Waals surface area contributed by atoms with Gasteiger partial charge in [-0.1, -0.05) is 0 Å². The first kappa shape index (κ1) is 18.6. The number of fused-ring (bicyclic) bond motifs is 1. The third-order valence-electron chi connectivity index (χ3n) is 5.58. The molecule has 2 heterocycles. The number of ether oxygens (including phenoxy) is 1. The molecular weight excluding hydrogens is 364 g/mol. The van der Waals surface area contributed by atoms with E-state index in [9.17, 15) is 24.3 Å². The molecule has 0 radical (unpaired) electrons. The van der Waals surface area contributed by atoms with Crippen molar-refractivity contribution >= 4 is 23.7 Å². The second-order valence-corrected chi connectivity index (χ2v) is 7.57. The monoisotopic (exact) mass is 386 g/mol. The first-order valence-corrected chi connectivity index (χ1v) is 9.55. The van der Waals surface area contributed by atoms with E-state index in [1.54, 1.807) is 0 Å². The molecule has 3 aliphatic rings. The minimum atomic E-state index is -1.07. The van der Waals surface area contributed by atoms with E-state index < -0.39 is 23.8 Å². The van der Waals surface area contributed by atoms with E-state index in [-0.39, 0.29) is 41.3 Å². The quantitative estimate of drug-likeness (QED) is 0.744. The van der Waals surface area contributed by atoms with Gasteiger partial charge in [0.25, 0.3) is 17.7 Å². The third-order valence-corrected chi connectivity index (χ3v) is 5.58. The van der Waals surface area contributed by atoms with Crippen molar-refractivity contribution in [1.29, 1.82) is 0 Å². The number of rotatable bonds is 6. The van der Waals surface area contributed by atoms with Gasteiger partial charge in [0, 0.05) is 18.2 Å². The molecule has 0 aromatic heterocycles. The van der Waals surface area contributed by atoms with E-state index in [0.717, 1.165) is 25.7 Å². The highest BCUT2D eigenvalue weighted by molar-refractivity contribution is 6.22. The summed E-state index contributed by atoms with van der Waals surface area (Å²) >= 11 is 0. The van der Waals surface area contributed by atoms with Crippen molar-refractivity contribution in [3.05, 3.63) is 34.9 Å². The zero-order valence-electron chi connectivity index (χ0n) is 15.6. The van der Waals surface area contributed by atoms with Crippen LogP contribution in [-0.4, -0.2) is 69.9 Å². The average molecular weight is 386 g/mol. The summed E-state index contributed by atoms with van der Waals surface area (Å²) < 4.78 is 5.52. The van der Waals surface area contributed by atoms with Gasteiger partial charge in [-0.2, -0.15) is 0 Å². The van der Waals surface area contributed by atoms with Crippen molar-refractivity contribution in [3.63, 3.8) is 0 Å². The third kappa shape index (κ3) is 3.17. The molecule has 1 N–H and O–H groups in total. The Bertz CT molecular complexity index is 856. The van der Waals surface area contributed by atoms with Gasteiger partial charge >= 0.3 is 5.97 Å². The number of carbonyl (C=O) groups is 4. The molecule has 4 rings (SSSR count). The van der Waals surface area contributed by atoms with Crippen LogP contribution in [0.15, 0.2) is 18.2 Å². The molecule has 1 aliphatic carbocycles. The molecule has 3 amide bonds. The molecule has 0 spiro atoms. The number of carboxylic acid groups (broad SMARTS) is 1. The molecule has 0 bridgehead atoms. The van der Waals surface area contributed by atoms with E-state index in [1.807, 2.05) is 0 Å². The molecule has 28 heavy (non-hydrogen) atoms. The van der Waals surface area contributed by atoms with Crippen LogP contribution < -0.4 is 0 Å². The van der Waals surface area contributed by atoms with Crippen LogP contribution >= 0.6 is 0 Å². The second-order valence-electron chi connectivity index (χ2n) is 7.57. The molecule has 2 fully saturated rings. The Hall–Kier alpha value is -2.74. The summed E-state index contributed by atoms with van der Waals surface area (Å²) in [7, 11) is 0. The Balaban J connectivity index is 1.58. The van der Waals surface area contributed by atoms with Gasteiger partial charge in [0.15, 0.2) is 0 Å². The maximum atomic E-state index is 13.0. The smallest absolute Gasteiger partial charge is 0.326 e. The molecule has 1 saturated carbocycles. The van der Waals surface area contributed by atoms with Gasteiger partial charge < -0.3 is 14.7 Å². The number of hydrogen-bond donors (Lipinski definition) is 1.